The average molecular weight is 454 g/mol. The van der Waals surface area contributed by atoms with Crippen LogP contribution in [-0.4, -0.2) is 36.7 Å². The first-order valence-electron chi connectivity index (χ1n) is 11.3. The summed E-state index contributed by atoms with van der Waals surface area (Å²) in [6.07, 6.45) is 1.69. The fourth-order valence-electron chi connectivity index (χ4n) is 3.76. The summed E-state index contributed by atoms with van der Waals surface area (Å²) >= 11 is 6.36. The second-order valence-corrected chi connectivity index (χ2v) is 9.23. The van der Waals surface area contributed by atoms with Gasteiger partial charge in [-0.2, -0.15) is 0 Å². The third kappa shape index (κ3) is 5.57. The van der Waals surface area contributed by atoms with Crippen molar-refractivity contribution in [3.63, 3.8) is 0 Å². The highest BCUT2D eigenvalue weighted by atomic mass is 35.5. The highest BCUT2D eigenvalue weighted by molar-refractivity contribution is 6.32. The van der Waals surface area contributed by atoms with Crippen molar-refractivity contribution >= 4 is 34.8 Å². The lowest BCUT2D eigenvalue weighted by Gasteiger charge is -2.26. The lowest BCUT2D eigenvalue weighted by Crippen LogP contribution is -2.46. The summed E-state index contributed by atoms with van der Waals surface area (Å²) in [4.78, 5) is 33.0. The Hall–Kier alpha value is -2.66. The quantitative estimate of drug-likeness (QED) is 0.604. The zero-order chi connectivity index (χ0) is 23.3. The molecule has 2 aromatic rings. The molecule has 0 unspecified atom stereocenters. The Morgan fingerprint density at radius 3 is 2.53 bits per heavy atom. The topological polar surface area (TPSA) is 61.8 Å². The van der Waals surface area contributed by atoms with E-state index >= 15 is 0 Å². The van der Waals surface area contributed by atoms with E-state index in [1.807, 2.05) is 56.3 Å². The van der Waals surface area contributed by atoms with E-state index in [-0.39, 0.29) is 24.3 Å². The van der Waals surface area contributed by atoms with E-state index < -0.39 is 6.04 Å². The summed E-state index contributed by atoms with van der Waals surface area (Å²) in [5.41, 5.74) is 3.06. The van der Waals surface area contributed by atoms with Gasteiger partial charge >= 0.3 is 0 Å². The molecule has 0 aliphatic carbocycles. The minimum Gasteiger partial charge on any atom is -0.355 e. The van der Waals surface area contributed by atoms with Gasteiger partial charge < -0.3 is 10.2 Å². The number of halogens is 1. The number of amides is 2. The van der Waals surface area contributed by atoms with E-state index in [4.69, 9.17) is 16.6 Å². The standard InChI is InChI=1S/C26H32ClN3O2/c1-5-18(4)24-26(32)30(16-23(31)28-14-13-17(2)3)22-12-11-20(27)15-21(22)25(29-24)19-9-7-6-8-10-19/h6-12,15,17-18,24H,5,13-14,16H2,1-4H3,(H,28,31)/t18-,24-/m1/s1. The summed E-state index contributed by atoms with van der Waals surface area (Å²) in [6, 6.07) is 14.6. The molecule has 0 aromatic heterocycles. The van der Waals surface area contributed by atoms with Crippen LogP contribution >= 0.6 is 11.6 Å². The molecular formula is C26H32ClN3O2. The van der Waals surface area contributed by atoms with Crippen LogP contribution in [0.15, 0.2) is 53.5 Å². The number of carbonyl (C=O) groups is 2. The highest BCUT2D eigenvalue weighted by Crippen LogP contribution is 2.32. The van der Waals surface area contributed by atoms with Gasteiger partial charge in [-0.05, 0) is 36.5 Å². The summed E-state index contributed by atoms with van der Waals surface area (Å²) in [5.74, 6) is 0.186. The SMILES string of the molecule is CC[C@@H](C)[C@H]1N=C(c2ccccc2)c2cc(Cl)ccc2N(CC(=O)NCCC(C)C)C1=O. The van der Waals surface area contributed by atoms with Gasteiger partial charge in [0.05, 0.1) is 11.4 Å². The fourth-order valence-corrected chi connectivity index (χ4v) is 3.93. The molecule has 0 saturated carbocycles. The summed E-state index contributed by atoms with van der Waals surface area (Å²) in [6.45, 7) is 8.85. The van der Waals surface area contributed by atoms with Crippen molar-refractivity contribution in [2.45, 2.75) is 46.6 Å². The molecule has 1 heterocycles. The third-order valence-electron chi connectivity index (χ3n) is 5.87. The molecular weight excluding hydrogens is 422 g/mol. The maximum Gasteiger partial charge on any atom is 0.252 e. The van der Waals surface area contributed by atoms with Gasteiger partial charge in [-0.15, -0.1) is 0 Å². The van der Waals surface area contributed by atoms with Crippen molar-refractivity contribution in [1.29, 1.82) is 0 Å². The van der Waals surface area contributed by atoms with E-state index in [2.05, 4.69) is 19.2 Å². The average Bonchev–Trinajstić information content (AvgIpc) is 2.88. The summed E-state index contributed by atoms with van der Waals surface area (Å²) in [5, 5.41) is 3.51. The Labute approximate surface area is 195 Å². The molecule has 0 spiro atoms. The molecule has 3 rings (SSSR count). The summed E-state index contributed by atoms with van der Waals surface area (Å²) < 4.78 is 0. The Kier molecular flexibility index (Phi) is 8.08. The van der Waals surface area contributed by atoms with Crippen molar-refractivity contribution in [2.75, 3.05) is 18.0 Å². The molecule has 1 aliphatic heterocycles. The molecule has 5 nitrogen and oxygen atoms in total. The largest absolute Gasteiger partial charge is 0.355 e. The molecule has 1 N–H and O–H groups in total. The minimum atomic E-state index is -0.579. The summed E-state index contributed by atoms with van der Waals surface area (Å²) in [7, 11) is 0. The molecule has 6 heteroatoms. The number of carbonyl (C=O) groups excluding carboxylic acids is 2. The van der Waals surface area contributed by atoms with Gasteiger partial charge in [-0.1, -0.05) is 76.0 Å². The number of fused-ring (bicyclic) bond motifs is 1. The van der Waals surface area contributed by atoms with E-state index in [0.29, 0.717) is 23.2 Å². The maximum atomic E-state index is 13.7. The fraction of sp³-hybridized carbons (Fsp3) is 0.423. The normalized spacial score (nSPS) is 16.9. The Morgan fingerprint density at radius 2 is 1.88 bits per heavy atom. The van der Waals surface area contributed by atoms with Crippen molar-refractivity contribution in [1.82, 2.24) is 5.32 Å². The molecule has 2 aromatic carbocycles. The highest BCUT2D eigenvalue weighted by Gasteiger charge is 2.35. The lowest BCUT2D eigenvalue weighted by molar-refractivity contribution is -0.125. The van der Waals surface area contributed by atoms with Crippen LogP contribution in [-0.2, 0) is 9.59 Å². The zero-order valence-electron chi connectivity index (χ0n) is 19.3. The van der Waals surface area contributed by atoms with Gasteiger partial charge in [-0.3, -0.25) is 14.6 Å². The number of nitrogens with one attached hydrogen (secondary N) is 1. The molecule has 1 aliphatic rings. The zero-order valence-corrected chi connectivity index (χ0v) is 20.0. The Morgan fingerprint density at radius 1 is 1.16 bits per heavy atom. The lowest BCUT2D eigenvalue weighted by atomic mass is 9.98. The Balaban J connectivity index is 2.06. The molecule has 0 bridgehead atoms. The monoisotopic (exact) mass is 453 g/mol. The van der Waals surface area contributed by atoms with Crippen molar-refractivity contribution in [3.05, 3.63) is 64.7 Å². The van der Waals surface area contributed by atoms with Crippen molar-refractivity contribution < 1.29 is 9.59 Å². The number of nitrogens with zero attached hydrogens (tertiary/aromatic N) is 2. The first kappa shape index (κ1) is 24.0. The van der Waals surface area contributed by atoms with Crippen LogP contribution in [0.3, 0.4) is 0 Å². The second-order valence-electron chi connectivity index (χ2n) is 8.79. The molecule has 2 atom stereocenters. The van der Waals surface area contributed by atoms with E-state index in [1.165, 1.54) is 0 Å². The van der Waals surface area contributed by atoms with Gasteiger partial charge in [0.15, 0.2) is 0 Å². The maximum absolute atomic E-state index is 13.7. The third-order valence-corrected chi connectivity index (χ3v) is 6.10. The van der Waals surface area contributed by atoms with E-state index in [1.54, 1.807) is 11.0 Å². The number of aliphatic imine (C=N–C) groups is 1. The minimum absolute atomic E-state index is 0.0255. The van der Waals surface area contributed by atoms with E-state index in [0.717, 1.165) is 29.7 Å². The molecule has 0 fully saturated rings. The molecule has 2 amide bonds. The number of anilines is 1. The van der Waals surface area contributed by atoms with Crippen LogP contribution in [0.25, 0.3) is 0 Å². The van der Waals surface area contributed by atoms with E-state index in [9.17, 15) is 9.59 Å². The number of hydrogen-bond donors (Lipinski definition) is 1. The first-order valence-corrected chi connectivity index (χ1v) is 11.7. The van der Waals surface area contributed by atoms with Crippen molar-refractivity contribution in [3.8, 4) is 0 Å². The van der Waals surface area contributed by atoms with Crippen LogP contribution < -0.4 is 10.2 Å². The van der Waals surface area contributed by atoms with Gasteiger partial charge in [0.25, 0.3) is 5.91 Å². The predicted molar refractivity (Wildman–Crippen MR) is 132 cm³/mol. The van der Waals surface area contributed by atoms with Crippen LogP contribution in [0.2, 0.25) is 5.02 Å². The number of benzene rings is 2. The Bertz CT molecular complexity index is 988. The van der Waals surface area contributed by atoms with Crippen LogP contribution in [0.5, 0.6) is 0 Å². The molecule has 0 radical (unpaired) electrons. The van der Waals surface area contributed by atoms with Crippen LogP contribution in [0.1, 0.15) is 51.7 Å². The smallest absolute Gasteiger partial charge is 0.252 e. The molecule has 32 heavy (non-hydrogen) atoms. The first-order chi connectivity index (χ1) is 15.3. The van der Waals surface area contributed by atoms with Crippen molar-refractivity contribution in [2.24, 2.45) is 16.8 Å². The number of benzodiazepines with no additional fused rings is 1. The second kappa shape index (κ2) is 10.8. The molecule has 170 valence electrons. The van der Waals surface area contributed by atoms with Crippen LogP contribution in [0.4, 0.5) is 5.69 Å². The van der Waals surface area contributed by atoms with Gasteiger partial charge in [0, 0.05) is 22.7 Å². The van der Waals surface area contributed by atoms with Gasteiger partial charge in [-0.25, -0.2) is 0 Å². The number of hydrogen-bond acceptors (Lipinski definition) is 3. The predicted octanol–water partition coefficient (Wildman–Crippen LogP) is 5.10. The van der Waals surface area contributed by atoms with Crippen LogP contribution in [0, 0.1) is 11.8 Å². The molecule has 0 saturated heterocycles. The van der Waals surface area contributed by atoms with Gasteiger partial charge in [0.2, 0.25) is 5.91 Å². The number of rotatable bonds is 8. The van der Waals surface area contributed by atoms with Gasteiger partial charge in [0.1, 0.15) is 12.6 Å².